The molecule has 0 amide bonds. The summed E-state index contributed by atoms with van der Waals surface area (Å²) in [4.78, 5) is 10.6. The lowest BCUT2D eigenvalue weighted by Crippen LogP contribution is -2.14. The maximum Gasteiger partial charge on any atom is 0.160 e. The summed E-state index contributed by atoms with van der Waals surface area (Å²) in [6.07, 6.45) is 0. The van der Waals surface area contributed by atoms with Crippen LogP contribution in [0.2, 0.25) is 0 Å². The molecule has 0 radical (unpaired) electrons. The summed E-state index contributed by atoms with van der Waals surface area (Å²) in [6, 6.07) is 58.6. The van der Waals surface area contributed by atoms with Crippen LogP contribution in [0, 0.1) is 0 Å². The Balaban J connectivity index is 1.23. The van der Waals surface area contributed by atoms with Gasteiger partial charge in [0.05, 0.1) is 22.4 Å². The van der Waals surface area contributed by atoms with Gasteiger partial charge in [-0.1, -0.05) is 147 Å². The summed E-state index contributed by atoms with van der Waals surface area (Å²) in [6.45, 7) is 4.73. The van der Waals surface area contributed by atoms with Gasteiger partial charge in [-0.2, -0.15) is 0 Å². The van der Waals surface area contributed by atoms with E-state index in [0.717, 1.165) is 44.6 Å². The first-order chi connectivity index (χ1) is 24.6. The summed E-state index contributed by atoms with van der Waals surface area (Å²) in [7, 11) is 0. The van der Waals surface area contributed by atoms with Crippen molar-refractivity contribution in [1.82, 2.24) is 14.5 Å². The highest BCUT2D eigenvalue weighted by atomic mass is 15.0. The molecule has 2 heterocycles. The van der Waals surface area contributed by atoms with E-state index < -0.39 is 0 Å². The van der Waals surface area contributed by atoms with Gasteiger partial charge in [0.1, 0.15) is 0 Å². The number of hydrogen-bond acceptors (Lipinski definition) is 2. The highest BCUT2D eigenvalue weighted by molar-refractivity contribution is 6.09. The summed E-state index contributed by atoms with van der Waals surface area (Å²) < 4.78 is 2.46. The van der Waals surface area contributed by atoms with Crippen molar-refractivity contribution in [2.75, 3.05) is 0 Å². The number of benzene rings is 7. The van der Waals surface area contributed by atoms with Crippen LogP contribution in [0.5, 0.6) is 0 Å². The van der Waals surface area contributed by atoms with Gasteiger partial charge in [0.2, 0.25) is 0 Å². The summed E-state index contributed by atoms with van der Waals surface area (Å²) >= 11 is 0. The first-order valence-corrected chi connectivity index (χ1v) is 17.3. The van der Waals surface area contributed by atoms with E-state index in [1.165, 1.54) is 49.8 Å². The molecular formula is C47H33N3. The van der Waals surface area contributed by atoms with Crippen LogP contribution in [0.3, 0.4) is 0 Å². The van der Waals surface area contributed by atoms with Gasteiger partial charge in [0.15, 0.2) is 5.82 Å². The average molecular weight is 640 g/mol. The normalized spacial score (nSPS) is 13.2. The third-order valence-corrected chi connectivity index (χ3v) is 10.6. The zero-order chi connectivity index (χ0) is 33.4. The van der Waals surface area contributed by atoms with Gasteiger partial charge in [0.25, 0.3) is 0 Å². The van der Waals surface area contributed by atoms with Crippen molar-refractivity contribution >= 4 is 32.6 Å². The fourth-order valence-electron chi connectivity index (χ4n) is 8.22. The monoisotopic (exact) mass is 639 g/mol. The molecule has 0 saturated carbocycles. The van der Waals surface area contributed by atoms with Crippen molar-refractivity contribution in [3.8, 4) is 50.7 Å². The van der Waals surface area contributed by atoms with Crippen LogP contribution in [0.25, 0.3) is 83.3 Å². The van der Waals surface area contributed by atoms with Crippen LogP contribution in [-0.2, 0) is 5.41 Å². The van der Waals surface area contributed by atoms with E-state index in [4.69, 9.17) is 9.97 Å². The topological polar surface area (TPSA) is 30.7 Å². The van der Waals surface area contributed by atoms with Crippen LogP contribution >= 0.6 is 0 Å². The zero-order valence-corrected chi connectivity index (χ0v) is 27.9. The Hall–Kier alpha value is -6.32. The predicted octanol–water partition coefficient (Wildman–Crippen LogP) is 12.0. The maximum absolute atomic E-state index is 5.30. The minimum absolute atomic E-state index is 0.157. The van der Waals surface area contributed by atoms with Gasteiger partial charge < -0.3 is 4.57 Å². The lowest BCUT2D eigenvalue weighted by atomic mass is 9.81. The van der Waals surface area contributed by atoms with Crippen LogP contribution in [0.15, 0.2) is 164 Å². The molecule has 0 N–H and O–H groups in total. The van der Waals surface area contributed by atoms with Gasteiger partial charge in [-0.25, -0.2) is 9.97 Å². The molecule has 0 saturated heterocycles. The molecule has 0 spiro atoms. The van der Waals surface area contributed by atoms with E-state index >= 15 is 0 Å². The molecule has 0 atom stereocenters. The molecule has 2 aromatic heterocycles. The minimum atomic E-state index is -0.157. The highest BCUT2D eigenvalue weighted by Gasteiger charge is 2.40. The number of rotatable bonds is 4. The summed E-state index contributed by atoms with van der Waals surface area (Å²) in [5.74, 6) is 0.717. The number of fused-ring (bicyclic) bond motifs is 8. The smallest absolute Gasteiger partial charge is 0.160 e. The number of aromatic nitrogens is 3. The lowest BCUT2D eigenvalue weighted by molar-refractivity contribution is 0.666. The summed E-state index contributed by atoms with van der Waals surface area (Å²) in [5, 5.41) is 4.64. The van der Waals surface area contributed by atoms with Gasteiger partial charge >= 0.3 is 0 Å². The van der Waals surface area contributed by atoms with Crippen molar-refractivity contribution < 1.29 is 0 Å². The molecule has 7 aromatic carbocycles. The first-order valence-electron chi connectivity index (χ1n) is 17.3. The molecular weight excluding hydrogens is 607 g/mol. The van der Waals surface area contributed by atoms with E-state index in [2.05, 4.69) is 182 Å². The number of nitrogens with zero attached hydrogens (tertiary/aromatic N) is 3. The summed E-state index contributed by atoms with van der Waals surface area (Å²) in [5.41, 5.74) is 13.8. The first kappa shape index (κ1) is 28.7. The molecule has 10 rings (SSSR count). The van der Waals surface area contributed by atoms with Gasteiger partial charge in [-0.3, -0.25) is 0 Å². The third-order valence-electron chi connectivity index (χ3n) is 10.6. The minimum Gasteiger partial charge on any atom is -0.309 e. The Kier molecular flexibility index (Phi) is 6.22. The molecule has 3 nitrogen and oxygen atoms in total. The van der Waals surface area contributed by atoms with Crippen molar-refractivity contribution in [2.45, 2.75) is 19.3 Å². The van der Waals surface area contributed by atoms with Crippen molar-refractivity contribution in [1.29, 1.82) is 0 Å². The SMILES string of the molecule is CC1(C)c2ccccc2-c2c1c1cc(-c3ccccc3)ccc1n2-c1cccc(-c2nc(-c3ccccc3)c3ccc4ccccc4c3n2)c1. The van der Waals surface area contributed by atoms with Crippen molar-refractivity contribution in [2.24, 2.45) is 0 Å². The van der Waals surface area contributed by atoms with E-state index in [0.29, 0.717) is 0 Å². The quantitative estimate of drug-likeness (QED) is 0.179. The van der Waals surface area contributed by atoms with E-state index in [1.54, 1.807) is 0 Å². The second kappa shape index (κ2) is 10.8. The maximum atomic E-state index is 5.30. The van der Waals surface area contributed by atoms with E-state index in [-0.39, 0.29) is 5.41 Å². The predicted molar refractivity (Wildman–Crippen MR) is 208 cm³/mol. The molecule has 0 unspecified atom stereocenters. The van der Waals surface area contributed by atoms with Crippen LogP contribution in [-0.4, -0.2) is 14.5 Å². The molecule has 236 valence electrons. The highest BCUT2D eigenvalue weighted by Crippen LogP contribution is 2.54. The Morgan fingerprint density at radius 2 is 1.22 bits per heavy atom. The molecule has 0 fully saturated rings. The molecule has 3 heteroatoms. The number of hydrogen-bond donors (Lipinski definition) is 0. The van der Waals surface area contributed by atoms with Gasteiger partial charge in [0, 0.05) is 44.0 Å². The molecule has 0 bridgehead atoms. The zero-order valence-electron chi connectivity index (χ0n) is 27.9. The molecule has 9 aromatic rings. The van der Waals surface area contributed by atoms with Gasteiger partial charge in [-0.05, 0) is 58.0 Å². The van der Waals surface area contributed by atoms with E-state index in [9.17, 15) is 0 Å². The largest absolute Gasteiger partial charge is 0.309 e. The Morgan fingerprint density at radius 1 is 0.500 bits per heavy atom. The molecule has 50 heavy (non-hydrogen) atoms. The average Bonchev–Trinajstić information content (AvgIpc) is 3.64. The fraction of sp³-hybridized carbons (Fsp3) is 0.0638. The van der Waals surface area contributed by atoms with E-state index in [1.807, 2.05) is 0 Å². The molecule has 0 aliphatic heterocycles. The van der Waals surface area contributed by atoms with Crippen LogP contribution < -0.4 is 0 Å². The molecule has 1 aliphatic carbocycles. The standard InChI is InChI=1S/C47H33N3/c1-47(2)40-23-12-11-22-37(40)45-42(47)39-29-33(30-14-5-3-6-15-30)25-27-41(39)50(45)35-20-13-19-34(28-35)46-48-43(32-17-7-4-8-18-32)38-26-24-31-16-9-10-21-36(31)44(38)49-46/h3-29H,1-2H3. The Labute approximate surface area is 291 Å². The Bertz CT molecular complexity index is 2770. The fourth-order valence-corrected chi connectivity index (χ4v) is 8.22. The van der Waals surface area contributed by atoms with Gasteiger partial charge in [-0.15, -0.1) is 0 Å². The third kappa shape index (κ3) is 4.23. The van der Waals surface area contributed by atoms with Crippen molar-refractivity contribution in [3.63, 3.8) is 0 Å². The second-order valence-corrected chi connectivity index (χ2v) is 13.8. The van der Waals surface area contributed by atoms with Crippen LogP contribution in [0.4, 0.5) is 0 Å². The van der Waals surface area contributed by atoms with Crippen molar-refractivity contribution in [3.05, 3.63) is 175 Å². The molecule has 1 aliphatic rings. The lowest BCUT2D eigenvalue weighted by Gasteiger charge is -2.21. The van der Waals surface area contributed by atoms with Crippen LogP contribution in [0.1, 0.15) is 25.0 Å². The second-order valence-electron chi connectivity index (χ2n) is 13.8. The Morgan fingerprint density at radius 3 is 2.06 bits per heavy atom.